The first-order valence-electron chi connectivity index (χ1n) is 23.5. The van der Waals surface area contributed by atoms with E-state index in [0.717, 1.165) is 100.0 Å². The van der Waals surface area contributed by atoms with Gasteiger partial charge in [-0.05, 0) is 113 Å². The molecule has 4 N–H and O–H groups in total. The molecule has 2 aromatic heterocycles. The number of carboxylic acids is 2. The Morgan fingerprint density at radius 2 is 1.00 bits per heavy atom. The molecule has 0 atom stereocenters. The van der Waals surface area contributed by atoms with E-state index in [0.29, 0.717) is 82.7 Å². The molecule has 2 amide bonds. The van der Waals surface area contributed by atoms with Crippen LogP contribution in [-0.4, -0.2) is 121 Å². The molecule has 0 saturated carbocycles. The summed E-state index contributed by atoms with van der Waals surface area (Å²) in [4.78, 5) is 46.5. The van der Waals surface area contributed by atoms with E-state index in [9.17, 15) is 28.0 Å². The van der Waals surface area contributed by atoms with Gasteiger partial charge in [0, 0.05) is 97.3 Å². The quantitative estimate of drug-likeness (QED) is 0.0465. The van der Waals surface area contributed by atoms with Gasteiger partial charge in [-0.1, -0.05) is 10.3 Å². The number of hydrogen-bond donors (Lipinski definition) is 4. The van der Waals surface area contributed by atoms with Crippen LogP contribution in [0.25, 0.3) is 21.9 Å². The summed E-state index contributed by atoms with van der Waals surface area (Å²) in [6.07, 6.45) is 6.84. The van der Waals surface area contributed by atoms with Gasteiger partial charge >= 0.3 is 11.9 Å². The Balaban J connectivity index is 0.000000205. The third-order valence-electron chi connectivity index (χ3n) is 12.0. The smallest absolute Gasteiger partial charge is 0.328 e. The average molecular weight is 999 g/mol. The van der Waals surface area contributed by atoms with Gasteiger partial charge in [-0.15, -0.1) is 0 Å². The first-order valence-corrected chi connectivity index (χ1v) is 23.5. The monoisotopic (exact) mass is 998 g/mol. The van der Waals surface area contributed by atoms with Crippen molar-refractivity contribution in [3.05, 3.63) is 108 Å². The van der Waals surface area contributed by atoms with Gasteiger partial charge in [0.05, 0.1) is 38.8 Å². The summed E-state index contributed by atoms with van der Waals surface area (Å²) in [5.41, 5.74) is 4.26. The second-order valence-electron chi connectivity index (χ2n) is 17.2. The largest absolute Gasteiger partial charge is 0.493 e. The predicted molar refractivity (Wildman–Crippen MR) is 264 cm³/mol. The van der Waals surface area contributed by atoms with E-state index in [1.54, 1.807) is 62.8 Å². The summed E-state index contributed by atoms with van der Waals surface area (Å²) >= 11 is 0. The van der Waals surface area contributed by atoms with Gasteiger partial charge in [0.2, 0.25) is 11.8 Å². The molecule has 0 unspecified atom stereocenters. The van der Waals surface area contributed by atoms with E-state index in [-0.39, 0.29) is 23.4 Å². The zero-order chi connectivity index (χ0) is 51.6. The number of rotatable bonds is 18. The number of nitrogens with zero attached hydrogens (tertiary/aromatic N) is 4. The summed E-state index contributed by atoms with van der Waals surface area (Å²) in [6.45, 7) is 9.82. The van der Waals surface area contributed by atoms with E-state index in [4.69, 9.17) is 38.2 Å². The summed E-state index contributed by atoms with van der Waals surface area (Å²) < 4.78 is 60.0. The second-order valence-corrected chi connectivity index (χ2v) is 17.2. The van der Waals surface area contributed by atoms with Gasteiger partial charge in [-0.25, -0.2) is 18.4 Å². The van der Waals surface area contributed by atoms with Crippen LogP contribution >= 0.6 is 0 Å². The SMILES string of the molecule is COc1ccc(NC(C)=O)cc1OCCCN1CCC(c2noc3cc(F)ccc23)CC1.COc1ccc(NC(C)=O)cc1OCCCN1CCC(c2noc3cc(F)ccc23)CC1.O=C(O)/C=C/C(=O)O. The van der Waals surface area contributed by atoms with Crippen molar-refractivity contribution in [2.24, 2.45) is 0 Å². The number of halogens is 2. The average Bonchev–Trinajstić information content (AvgIpc) is 3.98. The van der Waals surface area contributed by atoms with E-state index >= 15 is 0 Å². The van der Waals surface area contributed by atoms with Gasteiger partial charge in [0.1, 0.15) is 11.6 Å². The number of hydrogen-bond acceptors (Lipinski definition) is 14. The Labute approximate surface area is 414 Å². The minimum absolute atomic E-state index is 0.129. The standard InChI is InChI=1S/2C24H28FN3O4.C4H4O4/c2*1-16(29)26-19-5-7-21(30-2)23(15-19)31-13-3-10-28-11-8-17(9-12-28)24-20-6-4-18(25)14-22(20)32-27-24;5-3(6)1-2-4(7)8/h2*4-7,14-15,17H,3,8-13H2,1-2H3,(H,26,29);1-2H,(H,5,6)(H,7,8)/b;;2-1+. The number of aliphatic carboxylic acids is 2. The number of likely N-dealkylation sites (tertiary alicyclic amines) is 2. The Morgan fingerprint density at radius 3 is 1.35 bits per heavy atom. The Morgan fingerprint density at radius 1 is 0.611 bits per heavy atom. The third kappa shape index (κ3) is 16.0. The van der Waals surface area contributed by atoms with Crippen LogP contribution in [0.5, 0.6) is 23.0 Å². The molecule has 4 aromatic carbocycles. The fraction of sp³-hybridized carbons (Fsp3) is 0.385. The lowest BCUT2D eigenvalue weighted by molar-refractivity contribution is -0.134. The molecular weight excluding hydrogens is 939 g/mol. The fourth-order valence-corrected chi connectivity index (χ4v) is 8.53. The van der Waals surface area contributed by atoms with Gasteiger partial charge in [-0.3, -0.25) is 9.59 Å². The highest BCUT2D eigenvalue weighted by atomic mass is 19.1. The lowest BCUT2D eigenvalue weighted by Crippen LogP contribution is -2.34. The van der Waals surface area contributed by atoms with Gasteiger partial charge in [0.25, 0.3) is 0 Å². The van der Waals surface area contributed by atoms with Crippen molar-refractivity contribution < 1.29 is 66.2 Å². The number of methoxy groups -OCH3 is 2. The first-order chi connectivity index (χ1) is 34.7. The Bertz CT molecular complexity index is 2610. The zero-order valence-corrected chi connectivity index (χ0v) is 40.7. The summed E-state index contributed by atoms with van der Waals surface area (Å²) in [5, 5.41) is 31.4. The van der Waals surface area contributed by atoms with E-state index in [1.165, 1.54) is 38.1 Å². The number of fused-ring (bicyclic) bond motifs is 2. The maximum Gasteiger partial charge on any atom is 0.328 e. The van der Waals surface area contributed by atoms with Gasteiger partial charge in [-0.2, -0.15) is 0 Å². The van der Waals surface area contributed by atoms with Crippen LogP contribution in [0.3, 0.4) is 0 Å². The number of anilines is 2. The Hall–Kier alpha value is -7.58. The van der Waals surface area contributed by atoms with E-state index in [2.05, 4.69) is 30.7 Å². The number of amides is 2. The highest BCUT2D eigenvalue weighted by molar-refractivity contribution is 5.90. The van der Waals surface area contributed by atoms with Crippen LogP contribution in [0.4, 0.5) is 20.2 Å². The predicted octanol–water partition coefficient (Wildman–Crippen LogP) is 8.88. The van der Waals surface area contributed by atoms with E-state index < -0.39 is 11.9 Å². The molecule has 6 aromatic rings. The number of nitrogens with one attached hydrogen (secondary N) is 2. The maximum absolute atomic E-state index is 13.4. The molecule has 18 nitrogen and oxygen atoms in total. The molecule has 72 heavy (non-hydrogen) atoms. The highest BCUT2D eigenvalue weighted by Gasteiger charge is 2.26. The molecule has 2 saturated heterocycles. The minimum atomic E-state index is -1.26. The third-order valence-corrected chi connectivity index (χ3v) is 12.0. The van der Waals surface area contributed by atoms with Crippen LogP contribution in [0.1, 0.15) is 75.6 Å². The van der Waals surface area contributed by atoms with Crippen LogP contribution in [-0.2, 0) is 19.2 Å². The van der Waals surface area contributed by atoms with Crippen LogP contribution in [0, 0.1) is 11.6 Å². The zero-order valence-electron chi connectivity index (χ0n) is 40.7. The number of piperidine rings is 2. The van der Waals surface area contributed by atoms with Crippen LogP contribution in [0.2, 0.25) is 0 Å². The lowest BCUT2D eigenvalue weighted by atomic mass is 9.91. The number of benzene rings is 4. The van der Waals surface area contributed by atoms with E-state index in [1.807, 2.05) is 0 Å². The molecular formula is C52H60F2N6O12. The van der Waals surface area contributed by atoms with Crippen molar-refractivity contribution in [1.82, 2.24) is 20.1 Å². The molecule has 384 valence electrons. The summed E-state index contributed by atoms with van der Waals surface area (Å²) in [5.74, 6) is -0.221. The summed E-state index contributed by atoms with van der Waals surface area (Å²) in [7, 11) is 3.19. The van der Waals surface area contributed by atoms with Gasteiger partial charge < -0.3 is 58.6 Å². The molecule has 2 aliphatic heterocycles. The molecule has 4 heterocycles. The number of aromatic nitrogens is 2. The minimum Gasteiger partial charge on any atom is -0.493 e. The van der Waals surface area contributed by atoms with Crippen molar-refractivity contribution in [2.75, 3.05) is 77.3 Å². The molecule has 0 bridgehead atoms. The van der Waals surface area contributed by atoms with Crippen molar-refractivity contribution in [3.63, 3.8) is 0 Å². The molecule has 0 aliphatic carbocycles. The number of carboxylic acid groups (broad SMARTS) is 2. The molecule has 20 heteroatoms. The Kier molecular flexibility index (Phi) is 19.8. The van der Waals surface area contributed by atoms with Crippen LogP contribution < -0.4 is 29.6 Å². The van der Waals surface area contributed by atoms with Crippen molar-refractivity contribution >= 4 is 57.1 Å². The molecule has 2 aliphatic rings. The number of carbonyl (C=O) groups is 4. The molecule has 8 rings (SSSR count). The maximum atomic E-state index is 13.4. The normalized spacial score (nSPS) is 14.5. The molecule has 0 radical (unpaired) electrons. The summed E-state index contributed by atoms with van der Waals surface area (Å²) in [6, 6.07) is 19.9. The van der Waals surface area contributed by atoms with Crippen molar-refractivity contribution in [2.45, 2.75) is 64.2 Å². The first kappa shape index (κ1) is 53.8. The highest BCUT2D eigenvalue weighted by Crippen LogP contribution is 2.35. The lowest BCUT2D eigenvalue weighted by Gasteiger charge is -2.31. The van der Waals surface area contributed by atoms with Crippen molar-refractivity contribution in [1.29, 1.82) is 0 Å². The van der Waals surface area contributed by atoms with Crippen molar-refractivity contribution in [3.8, 4) is 23.0 Å². The van der Waals surface area contributed by atoms with Gasteiger partial charge in [0.15, 0.2) is 34.2 Å². The number of ether oxygens (including phenoxy) is 4. The molecule has 0 spiro atoms. The second kappa shape index (κ2) is 26.6. The number of carbonyl (C=O) groups excluding carboxylic acids is 2. The van der Waals surface area contributed by atoms with Crippen LogP contribution in [0.15, 0.2) is 94.0 Å². The fourth-order valence-electron chi connectivity index (χ4n) is 8.53. The topological polar surface area (TPSA) is 228 Å². The molecule has 2 fully saturated rings.